The van der Waals surface area contributed by atoms with E-state index in [1.54, 1.807) is 23.3 Å². The van der Waals surface area contributed by atoms with Gasteiger partial charge in [-0.15, -0.1) is 11.3 Å². The van der Waals surface area contributed by atoms with Crippen LogP contribution in [-0.2, 0) is 6.54 Å². The highest BCUT2D eigenvalue weighted by atomic mass is 32.1. The zero-order valence-corrected chi connectivity index (χ0v) is 11.6. The molecule has 0 saturated carbocycles. The van der Waals surface area contributed by atoms with Crippen molar-refractivity contribution in [1.82, 2.24) is 20.1 Å². The van der Waals surface area contributed by atoms with Crippen molar-refractivity contribution in [3.8, 4) is 0 Å². The highest BCUT2D eigenvalue weighted by Gasteiger charge is 2.18. The molecule has 0 atom stereocenters. The first-order chi connectivity index (χ1) is 9.65. The first kappa shape index (κ1) is 12.6. The van der Waals surface area contributed by atoms with Crippen molar-refractivity contribution >= 4 is 33.1 Å². The van der Waals surface area contributed by atoms with E-state index in [1.807, 2.05) is 24.3 Å². The van der Waals surface area contributed by atoms with E-state index in [1.165, 1.54) is 6.20 Å². The van der Waals surface area contributed by atoms with Gasteiger partial charge in [0, 0.05) is 7.05 Å². The number of fused-ring (bicyclic) bond motifs is 1. The Morgan fingerprint density at radius 3 is 2.95 bits per heavy atom. The number of nitrogens with two attached hydrogens (primary N) is 1. The van der Waals surface area contributed by atoms with E-state index in [9.17, 15) is 4.79 Å². The molecule has 7 heteroatoms. The first-order valence-corrected chi connectivity index (χ1v) is 6.85. The second-order valence-electron chi connectivity index (χ2n) is 4.44. The average Bonchev–Trinajstić information content (AvgIpc) is 3.03. The smallest absolute Gasteiger partial charge is 0.274 e. The van der Waals surface area contributed by atoms with Gasteiger partial charge in [-0.05, 0) is 12.1 Å². The fraction of sp³-hybridized carbons (Fsp3) is 0.154. The minimum Gasteiger partial charge on any atom is -0.396 e. The Hall–Kier alpha value is -2.41. The maximum atomic E-state index is 12.2. The molecule has 0 aliphatic carbocycles. The largest absolute Gasteiger partial charge is 0.396 e. The first-order valence-electron chi connectivity index (χ1n) is 6.04. The number of carbonyl (C=O) groups excluding carboxylic acids is 1. The molecule has 3 N–H and O–H groups in total. The Balaban J connectivity index is 1.80. The Kier molecular flexibility index (Phi) is 3.11. The van der Waals surface area contributed by atoms with Crippen molar-refractivity contribution in [3.63, 3.8) is 0 Å². The summed E-state index contributed by atoms with van der Waals surface area (Å²) in [6, 6.07) is 7.91. The van der Waals surface area contributed by atoms with Gasteiger partial charge in [0.15, 0.2) is 0 Å². The minimum absolute atomic E-state index is 0.195. The zero-order valence-electron chi connectivity index (χ0n) is 10.8. The van der Waals surface area contributed by atoms with Gasteiger partial charge in [-0.1, -0.05) is 12.1 Å². The van der Waals surface area contributed by atoms with Crippen LogP contribution in [0.3, 0.4) is 0 Å². The summed E-state index contributed by atoms with van der Waals surface area (Å²) in [5.41, 5.74) is 7.30. The van der Waals surface area contributed by atoms with Crippen molar-refractivity contribution in [3.05, 3.63) is 41.2 Å². The van der Waals surface area contributed by atoms with Crippen molar-refractivity contribution in [2.24, 2.45) is 0 Å². The number of nitrogens with zero attached hydrogens (tertiary/aromatic N) is 3. The van der Waals surface area contributed by atoms with Crippen molar-refractivity contribution in [1.29, 1.82) is 0 Å². The molecule has 0 bridgehead atoms. The molecule has 1 amide bonds. The fourth-order valence-corrected chi connectivity index (χ4v) is 2.94. The van der Waals surface area contributed by atoms with Gasteiger partial charge < -0.3 is 10.6 Å². The second kappa shape index (κ2) is 4.93. The van der Waals surface area contributed by atoms with Crippen LogP contribution >= 0.6 is 11.3 Å². The summed E-state index contributed by atoms with van der Waals surface area (Å²) in [5, 5.41) is 7.26. The van der Waals surface area contributed by atoms with Gasteiger partial charge in [0.05, 0.1) is 28.6 Å². The highest BCUT2D eigenvalue weighted by molar-refractivity contribution is 7.18. The van der Waals surface area contributed by atoms with Crippen LogP contribution in [0.4, 0.5) is 5.69 Å². The van der Waals surface area contributed by atoms with Gasteiger partial charge in [0.25, 0.3) is 5.91 Å². The molecule has 0 saturated heterocycles. The molecule has 3 aromatic rings. The second-order valence-corrected chi connectivity index (χ2v) is 5.55. The third-order valence-corrected chi connectivity index (χ3v) is 3.96. The molecule has 20 heavy (non-hydrogen) atoms. The number of thiazole rings is 1. The number of aromatic nitrogens is 3. The number of rotatable bonds is 3. The number of nitrogens with one attached hydrogen (secondary N) is 1. The minimum atomic E-state index is -0.195. The van der Waals surface area contributed by atoms with E-state index in [2.05, 4.69) is 15.2 Å². The summed E-state index contributed by atoms with van der Waals surface area (Å²) in [5.74, 6) is -0.195. The average molecular weight is 287 g/mol. The molecule has 0 radical (unpaired) electrons. The molecular weight excluding hydrogens is 274 g/mol. The molecule has 2 heterocycles. The summed E-state index contributed by atoms with van der Waals surface area (Å²) in [6.07, 6.45) is 1.43. The van der Waals surface area contributed by atoms with Crippen LogP contribution in [-0.4, -0.2) is 33.0 Å². The Morgan fingerprint density at radius 1 is 1.45 bits per heavy atom. The van der Waals surface area contributed by atoms with Crippen LogP contribution in [0.1, 0.15) is 15.5 Å². The Morgan fingerprint density at radius 2 is 2.25 bits per heavy atom. The van der Waals surface area contributed by atoms with Crippen LogP contribution in [0.15, 0.2) is 30.5 Å². The summed E-state index contributed by atoms with van der Waals surface area (Å²) < 4.78 is 1.12. The van der Waals surface area contributed by atoms with Crippen LogP contribution in [0.5, 0.6) is 0 Å². The van der Waals surface area contributed by atoms with Crippen molar-refractivity contribution in [2.45, 2.75) is 6.54 Å². The summed E-state index contributed by atoms with van der Waals surface area (Å²) in [7, 11) is 1.72. The van der Waals surface area contributed by atoms with Crippen LogP contribution in [0.25, 0.3) is 10.2 Å². The summed E-state index contributed by atoms with van der Waals surface area (Å²) in [6.45, 7) is 0.441. The Bertz CT molecular complexity index is 730. The maximum absolute atomic E-state index is 12.2. The van der Waals surface area contributed by atoms with E-state index in [-0.39, 0.29) is 5.91 Å². The molecule has 0 spiro atoms. The SMILES string of the molecule is CN(Cc1nc2ccccc2s1)C(=O)c1[nH]ncc1N. The van der Waals surface area contributed by atoms with Crippen LogP contribution < -0.4 is 5.73 Å². The monoisotopic (exact) mass is 287 g/mol. The molecule has 0 fully saturated rings. The van der Waals surface area contributed by atoms with Gasteiger partial charge in [-0.25, -0.2) is 4.98 Å². The number of amides is 1. The van der Waals surface area contributed by atoms with Gasteiger partial charge in [-0.2, -0.15) is 5.10 Å². The summed E-state index contributed by atoms with van der Waals surface area (Å²) >= 11 is 1.58. The topological polar surface area (TPSA) is 87.9 Å². The lowest BCUT2D eigenvalue weighted by Gasteiger charge is -2.14. The standard InChI is InChI=1S/C13H13N5OS/c1-18(13(19)12-8(14)6-15-17-12)7-11-16-9-4-2-3-5-10(9)20-11/h2-6H,7,14H2,1H3,(H,15,17). The lowest BCUT2D eigenvalue weighted by Crippen LogP contribution is -2.27. The van der Waals surface area contributed by atoms with Gasteiger partial charge in [0.2, 0.25) is 0 Å². The molecule has 6 nitrogen and oxygen atoms in total. The van der Waals surface area contributed by atoms with Gasteiger partial charge in [0.1, 0.15) is 10.7 Å². The van der Waals surface area contributed by atoms with E-state index in [0.29, 0.717) is 17.9 Å². The fourth-order valence-electron chi connectivity index (χ4n) is 1.92. The van der Waals surface area contributed by atoms with E-state index in [0.717, 1.165) is 15.2 Å². The van der Waals surface area contributed by atoms with Gasteiger partial charge >= 0.3 is 0 Å². The molecule has 0 aliphatic heterocycles. The number of anilines is 1. The number of para-hydroxylation sites is 1. The lowest BCUT2D eigenvalue weighted by molar-refractivity contribution is 0.0780. The number of benzene rings is 1. The molecule has 2 aromatic heterocycles. The molecular formula is C13H13N5OS. The normalized spacial score (nSPS) is 10.8. The number of nitrogen functional groups attached to an aromatic ring is 1. The van der Waals surface area contributed by atoms with Gasteiger partial charge in [-0.3, -0.25) is 9.89 Å². The Labute approximate surface area is 119 Å². The van der Waals surface area contributed by atoms with E-state index >= 15 is 0 Å². The number of hydrogen-bond donors (Lipinski definition) is 2. The molecule has 0 aliphatic rings. The number of hydrogen-bond acceptors (Lipinski definition) is 5. The molecule has 102 valence electrons. The molecule has 3 rings (SSSR count). The predicted octanol–water partition coefficient (Wildman–Crippen LogP) is 1.87. The summed E-state index contributed by atoms with van der Waals surface area (Å²) in [4.78, 5) is 18.3. The highest BCUT2D eigenvalue weighted by Crippen LogP contribution is 2.22. The molecule has 0 unspecified atom stereocenters. The zero-order chi connectivity index (χ0) is 14.1. The molecule has 1 aromatic carbocycles. The lowest BCUT2D eigenvalue weighted by atomic mass is 10.3. The van der Waals surface area contributed by atoms with Crippen molar-refractivity contribution < 1.29 is 4.79 Å². The van der Waals surface area contributed by atoms with Crippen LogP contribution in [0.2, 0.25) is 0 Å². The predicted molar refractivity (Wildman–Crippen MR) is 78.4 cm³/mol. The number of carbonyl (C=O) groups is 1. The van der Waals surface area contributed by atoms with E-state index < -0.39 is 0 Å². The third-order valence-electron chi connectivity index (χ3n) is 2.94. The number of H-pyrrole nitrogens is 1. The van der Waals surface area contributed by atoms with E-state index in [4.69, 9.17) is 5.73 Å². The van der Waals surface area contributed by atoms with Crippen molar-refractivity contribution in [2.75, 3.05) is 12.8 Å². The van der Waals surface area contributed by atoms with Crippen LogP contribution in [0, 0.1) is 0 Å². The number of aromatic amines is 1. The maximum Gasteiger partial charge on any atom is 0.274 e. The quantitative estimate of drug-likeness (QED) is 0.769. The third kappa shape index (κ3) is 2.23.